The molecule has 3 rings (SSSR count). The van der Waals surface area contributed by atoms with Crippen LogP contribution in [0, 0.1) is 12.7 Å². The fourth-order valence-electron chi connectivity index (χ4n) is 3.27. The Bertz CT molecular complexity index is 872. The van der Waals surface area contributed by atoms with Crippen molar-refractivity contribution in [2.45, 2.75) is 26.8 Å². The molecule has 8 heteroatoms. The van der Waals surface area contributed by atoms with Gasteiger partial charge in [-0.05, 0) is 44.5 Å². The first-order valence-electron chi connectivity index (χ1n) is 9.22. The van der Waals surface area contributed by atoms with Gasteiger partial charge in [-0.2, -0.15) is 0 Å². The maximum Gasteiger partial charge on any atom is 0.291 e. The first-order chi connectivity index (χ1) is 13.4. The second-order valence-electron chi connectivity index (χ2n) is 6.74. The molecular formula is C20H23FN4O3. The van der Waals surface area contributed by atoms with Crippen molar-refractivity contribution >= 4 is 11.8 Å². The summed E-state index contributed by atoms with van der Waals surface area (Å²) in [5.74, 6) is -0.317. The minimum atomic E-state index is -0.592. The van der Waals surface area contributed by atoms with E-state index in [0.717, 1.165) is 23.7 Å². The zero-order valence-electron chi connectivity index (χ0n) is 16.2. The number of piperazine rings is 1. The van der Waals surface area contributed by atoms with Crippen LogP contribution in [0.25, 0.3) is 0 Å². The van der Waals surface area contributed by atoms with Crippen LogP contribution < -0.4 is 4.74 Å². The molecule has 0 N–H and O–H groups in total. The lowest BCUT2D eigenvalue weighted by molar-refractivity contribution is 0.0408. The molecule has 2 aromatic rings. The highest BCUT2D eigenvalue weighted by atomic mass is 19.1. The van der Waals surface area contributed by atoms with Crippen LogP contribution in [0.5, 0.6) is 5.75 Å². The Labute approximate surface area is 163 Å². The number of ether oxygens (including phenoxy) is 1. The summed E-state index contributed by atoms with van der Waals surface area (Å²) >= 11 is 0. The van der Waals surface area contributed by atoms with Crippen LogP contribution in [0.4, 0.5) is 4.39 Å². The molecule has 7 nitrogen and oxygen atoms in total. The molecule has 1 aromatic carbocycles. The highest BCUT2D eigenvalue weighted by molar-refractivity contribution is 5.95. The average molecular weight is 386 g/mol. The highest BCUT2D eigenvalue weighted by Gasteiger charge is 2.31. The van der Waals surface area contributed by atoms with Crippen molar-refractivity contribution in [1.82, 2.24) is 19.8 Å². The largest absolute Gasteiger partial charge is 0.494 e. The van der Waals surface area contributed by atoms with Crippen molar-refractivity contribution in [3.05, 3.63) is 53.4 Å². The van der Waals surface area contributed by atoms with E-state index in [1.165, 1.54) is 0 Å². The van der Waals surface area contributed by atoms with Gasteiger partial charge < -0.3 is 14.5 Å². The van der Waals surface area contributed by atoms with Crippen molar-refractivity contribution < 1.29 is 18.7 Å². The summed E-state index contributed by atoms with van der Waals surface area (Å²) < 4.78 is 18.5. The lowest BCUT2D eigenvalue weighted by Crippen LogP contribution is -2.55. The zero-order valence-corrected chi connectivity index (χ0v) is 16.2. The molecule has 0 aliphatic carbocycles. The number of carbonyl (C=O) groups is 2. The van der Waals surface area contributed by atoms with E-state index < -0.39 is 5.82 Å². The second-order valence-corrected chi connectivity index (χ2v) is 6.74. The van der Waals surface area contributed by atoms with Crippen molar-refractivity contribution in [1.29, 1.82) is 0 Å². The SMILES string of the molecule is CCOc1ccc(C(=O)N2CCN(C(=O)c3ncc(F)cn3)CC2C)cc1C. The molecule has 0 bridgehead atoms. The van der Waals surface area contributed by atoms with Gasteiger partial charge in [0.05, 0.1) is 19.0 Å². The Morgan fingerprint density at radius 1 is 1.21 bits per heavy atom. The number of aryl methyl sites for hydroxylation is 1. The molecule has 0 radical (unpaired) electrons. The van der Waals surface area contributed by atoms with E-state index in [1.807, 2.05) is 32.9 Å². The number of hydrogen-bond donors (Lipinski definition) is 0. The van der Waals surface area contributed by atoms with Gasteiger partial charge in [-0.25, -0.2) is 14.4 Å². The third kappa shape index (κ3) is 4.11. The van der Waals surface area contributed by atoms with E-state index in [2.05, 4.69) is 9.97 Å². The predicted molar refractivity (Wildman–Crippen MR) is 101 cm³/mol. The molecule has 1 fully saturated rings. The number of nitrogens with zero attached hydrogens (tertiary/aromatic N) is 4. The topological polar surface area (TPSA) is 75.6 Å². The Balaban J connectivity index is 1.68. The first-order valence-corrected chi connectivity index (χ1v) is 9.22. The number of hydrogen-bond acceptors (Lipinski definition) is 5. The number of benzene rings is 1. The van der Waals surface area contributed by atoms with Gasteiger partial charge in [-0.1, -0.05) is 0 Å². The maximum atomic E-state index is 13.0. The Morgan fingerprint density at radius 3 is 2.54 bits per heavy atom. The monoisotopic (exact) mass is 386 g/mol. The third-order valence-corrected chi connectivity index (χ3v) is 4.71. The van der Waals surface area contributed by atoms with Crippen LogP contribution in [0.1, 0.15) is 40.4 Å². The molecule has 1 atom stereocenters. The summed E-state index contributed by atoms with van der Waals surface area (Å²) in [6.45, 7) is 7.41. The average Bonchev–Trinajstić information content (AvgIpc) is 2.69. The highest BCUT2D eigenvalue weighted by Crippen LogP contribution is 2.22. The lowest BCUT2D eigenvalue weighted by atomic mass is 10.1. The molecule has 1 aromatic heterocycles. The van der Waals surface area contributed by atoms with Gasteiger partial charge >= 0.3 is 0 Å². The van der Waals surface area contributed by atoms with Crippen LogP contribution >= 0.6 is 0 Å². The molecule has 148 valence electrons. The molecule has 1 saturated heterocycles. The van der Waals surface area contributed by atoms with Crippen molar-refractivity contribution in [3.8, 4) is 5.75 Å². The van der Waals surface area contributed by atoms with Gasteiger partial charge in [0.1, 0.15) is 5.75 Å². The normalized spacial score (nSPS) is 16.8. The maximum absolute atomic E-state index is 13.0. The molecule has 2 heterocycles. The number of amides is 2. The van der Waals surface area contributed by atoms with Gasteiger partial charge in [-0.3, -0.25) is 9.59 Å². The standard InChI is InChI=1S/C20H23FN4O3/c1-4-28-17-6-5-15(9-13(17)2)19(26)25-8-7-24(12-14(25)3)20(27)18-22-10-16(21)11-23-18/h5-6,9-11,14H,4,7-8,12H2,1-3H3. The number of rotatable bonds is 4. The Morgan fingerprint density at radius 2 is 1.93 bits per heavy atom. The summed E-state index contributed by atoms with van der Waals surface area (Å²) in [6, 6.07) is 5.22. The van der Waals surface area contributed by atoms with Gasteiger partial charge in [0.15, 0.2) is 5.82 Å². The van der Waals surface area contributed by atoms with Gasteiger partial charge in [-0.15, -0.1) is 0 Å². The second kappa shape index (κ2) is 8.33. The lowest BCUT2D eigenvalue weighted by Gasteiger charge is -2.39. The summed E-state index contributed by atoms with van der Waals surface area (Å²) in [6.07, 6.45) is 1.94. The molecular weight excluding hydrogens is 363 g/mol. The molecule has 1 aliphatic heterocycles. The predicted octanol–water partition coefficient (Wildman–Crippen LogP) is 2.31. The van der Waals surface area contributed by atoms with E-state index in [0.29, 0.717) is 31.8 Å². The van der Waals surface area contributed by atoms with Gasteiger partial charge in [0, 0.05) is 31.2 Å². The molecule has 0 spiro atoms. The zero-order chi connectivity index (χ0) is 20.3. The molecule has 2 amide bonds. The third-order valence-electron chi connectivity index (χ3n) is 4.71. The number of aromatic nitrogens is 2. The summed E-state index contributed by atoms with van der Waals surface area (Å²) in [5, 5.41) is 0. The summed E-state index contributed by atoms with van der Waals surface area (Å²) in [5.41, 5.74) is 1.50. The molecule has 28 heavy (non-hydrogen) atoms. The number of halogens is 1. The van der Waals surface area contributed by atoms with E-state index in [-0.39, 0.29) is 23.7 Å². The quantitative estimate of drug-likeness (QED) is 0.806. The molecule has 0 saturated carbocycles. The molecule has 1 unspecified atom stereocenters. The van der Waals surface area contributed by atoms with E-state index >= 15 is 0 Å². The van der Waals surface area contributed by atoms with Crippen LogP contribution in [-0.2, 0) is 0 Å². The van der Waals surface area contributed by atoms with Crippen LogP contribution in [-0.4, -0.2) is 63.9 Å². The Kier molecular flexibility index (Phi) is 5.87. The van der Waals surface area contributed by atoms with Crippen molar-refractivity contribution in [2.24, 2.45) is 0 Å². The van der Waals surface area contributed by atoms with E-state index in [9.17, 15) is 14.0 Å². The van der Waals surface area contributed by atoms with Crippen molar-refractivity contribution in [2.75, 3.05) is 26.2 Å². The van der Waals surface area contributed by atoms with Crippen LogP contribution in [0.3, 0.4) is 0 Å². The molecule has 1 aliphatic rings. The first kappa shape index (κ1) is 19.7. The fourth-order valence-corrected chi connectivity index (χ4v) is 3.27. The van der Waals surface area contributed by atoms with Gasteiger partial charge in [0.25, 0.3) is 11.8 Å². The smallest absolute Gasteiger partial charge is 0.291 e. The van der Waals surface area contributed by atoms with Crippen LogP contribution in [0.2, 0.25) is 0 Å². The summed E-state index contributed by atoms with van der Waals surface area (Å²) in [4.78, 5) is 36.3. The van der Waals surface area contributed by atoms with E-state index in [4.69, 9.17) is 4.74 Å². The summed E-state index contributed by atoms with van der Waals surface area (Å²) in [7, 11) is 0. The minimum absolute atomic E-state index is 0.0458. The van der Waals surface area contributed by atoms with Gasteiger partial charge in [0.2, 0.25) is 5.82 Å². The number of carbonyl (C=O) groups excluding carboxylic acids is 2. The minimum Gasteiger partial charge on any atom is -0.494 e. The van der Waals surface area contributed by atoms with Crippen molar-refractivity contribution in [3.63, 3.8) is 0 Å². The van der Waals surface area contributed by atoms with E-state index in [1.54, 1.807) is 15.9 Å². The fraction of sp³-hybridized carbons (Fsp3) is 0.400. The Hall–Kier alpha value is -3.03. The van der Waals surface area contributed by atoms with Crippen LogP contribution in [0.15, 0.2) is 30.6 Å².